The molecule has 0 aliphatic carbocycles. The van der Waals surface area contributed by atoms with Gasteiger partial charge in [-0.15, -0.1) is 0 Å². The number of amides is 1. The minimum absolute atomic E-state index is 0.0102. The van der Waals surface area contributed by atoms with Gasteiger partial charge in [-0.2, -0.15) is 4.31 Å². The average Bonchev–Trinajstić information content (AvgIpc) is 3.47. The van der Waals surface area contributed by atoms with Crippen molar-refractivity contribution in [2.75, 3.05) is 32.0 Å². The molecule has 3 atom stereocenters. The lowest BCUT2D eigenvalue weighted by atomic mass is 10.00. The van der Waals surface area contributed by atoms with Crippen molar-refractivity contribution in [1.82, 2.24) is 9.62 Å². The third-order valence-corrected chi connectivity index (χ3v) is 8.91. The summed E-state index contributed by atoms with van der Waals surface area (Å²) in [5, 5.41) is 14.4. The van der Waals surface area contributed by atoms with Crippen molar-refractivity contribution in [3.8, 4) is 5.75 Å². The first kappa shape index (κ1) is 31.5. The van der Waals surface area contributed by atoms with Crippen LogP contribution in [0.2, 0.25) is 0 Å². The average molecular weight is 596 g/mol. The highest BCUT2D eigenvalue weighted by atomic mass is 32.2. The molecule has 42 heavy (non-hydrogen) atoms. The number of nitrogens with zero attached hydrogens (tertiary/aromatic N) is 1. The smallest absolute Gasteiger partial charge is 0.243 e. The fourth-order valence-electron chi connectivity index (χ4n) is 4.88. The van der Waals surface area contributed by atoms with Crippen LogP contribution in [0.1, 0.15) is 31.4 Å². The van der Waals surface area contributed by atoms with Gasteiger partial charge in [-0.3, -0.25) is 4.79 Å². The molecule has 0 bridgehead atoms. The molecule has 1 heterocycles. The summed E-state index contributed by atoms with van der Waals surface area (Å²) in [7, 11) is -3.92. The molecule has 226 valence electrons. The Kier molecular flexibility index (Phi) is 11.0. The number of carbonyl (C=O) groups is 1. The summed E-state index contributed by atoms with van der Waals surface area (Å²) in [6.07, 6.45) is 0.163. The van der Waals surface area contributed by atoms with E-state index in [1.807, 2.05) is 68.4 Å². The quantitative estimate of drug-likeness (QED) is 0.244. The molecule has 4 rings (SSSR count). The van der Waals surface area contributed by atoms with Crippen LogP contribution in [0, 0.1) is 5.92 Å². The van der Waals surface area contributed by atoms with Crippen LogP contribution in [-0.2, 0) is 32.4 Å². The molecule has 4 N–H and O–H groups in total. The van der Waals surface area contributed by atoms with Crippen LogP contribution in [0.25, 0.3) is 0 Å². The lowest BCUT2D eigenvalue weighted by Gasteiger charge is -2.31. The SMILES string of the molecule is CC(C)CN(CC(O)C(Cc1ccccc1)NC(=O)Cc1ccc(OC2CCOC2)cc1)S(=O)(=O)c1ccc(N)cc1. The summed E-state index contributed by atoms with van der Waals surface area (Å²) in [5.74, 6) is 0.459. The molecule has 10 heteroatoms. The Morgan fingerprint density at radius 2 is 1.71 bits per heavy atom. The monoisotopic (exact) mass is 595 g/mol. The summed E-state index contributed by atoms with van der Waals surface area (Å²) < 4.78 is 39.7. The second kappa shape index (κ2) is 14.6. The van der Waals surface area contributed by atoms with E-state index in [4.69, 9.17) is 15.2 Å². The normalized spacial score (nSPS) is 16.8. The van der Waals surface area contributed by atoms with Crippen LogP contribution in [0.4, 0.5) is 5.69 Å². The maximum Gasteiger partial charge on any atom is 0.243 e. The number of nitrogens with two attached hydrogens (primary N) is 1. The lowest BCUT2D eigenvalue weighted by molar-refractivity contribution is -0.122. The van der Waals surface area contributed by atoms with Gasteiger partial charge in [0.2, 0.25) is 15.9 Å². The largest absolute Gasteiger partial charge is 0.488 e. The second-order valence-electron chi connectivity index (χ2n) is 11.1. The number of aliphatic hydroxyl groups is 1. The summed E-state index contributed by atoms with van der Waals surface area (Å²) in [5.41, 5.74) is 7.93. The van der Waals surface area contributed by atoms with Crippen molar-refractivity contribution in [3.63, 3.8) is 0 Å². The van der Waals surface area contributed by atoms with Gasteiger partial charge in [-0.25, -0.2) is 8.42 Å². The predicted molar refractivity (Wildman–Crippen MR) is 163 cm³/mol. The molecule has 3 aromatic rings. The van der Waals surface area contributed by atoms with Crippen LogP contribution < -0.4 is 15.8 Å². The van der Waals surface area contributed by atoms with Gasteiger partial charge in [0.15, 0.2) is 0 Å². The van der Waals surface area contributed by atoms with Crippen molar-refractivity contribution < 1.29 is 27.8 Å². The van der Waals surface area contributed by atoms with E-state index >= 15 is 0 Å². The Labute approximate surface area is 248 Å². The maximum atomic E-state index is 13.6. The van der Waals surface area contributed by atoms with Crippen molar-refractivity contribution in [1.29, 1.82) is 0 Å². The number of benzene rings is 3. The highest BCUT2D eigenvalue weighted by Crippen LogP contribution is 2.21. The van der Waals surface area contributed by atoms with Crippen molar-refractivity contribution >= 4 is 21.6 Å². The van der Waals surface area contributed by atoms with E-state index in [-0.39, 0.29) is 42.3 Å². The summed E-state index contributed by atoms with van der Waals surface area (Å²) in [6.45, 7) is 5.13. The Morgan fingerprint density at radius 3 is 2.33 bits per heavy atom. The third-order valence-electron chi connectivity index (χ3n) is 7.07. The van der Waals surface area contributed by atoms with E-state index < -0.39 is 22.2 Å². The lowest BCUT2D eigenvalue weighted by Crippen LogP contribution is -2.51. The molecule has 0 spiro atoms. The van der Waals surface area contributed by atoms with Crippen LogP contribution in [0.3, 0.4) is 0 Å². The van der Waals surface area contributed by atoms with E-state index in [0.717, 1.165) is 23.3 Å². The van der Waals surface area contributed by atoms with Crippen molar-refractivity contribution in [3.05, 3.63) is 90.0 Å². The molecule has 0 saturated carbocycles. The number of nitrogen functional groups attached to an aromatic ring is 1. The summed E-state index contributed by atoms with van der Waals surface area (Å²) in [4.78, 5) is 13.3. The molecule has 3 aromatic carbocycles. The van der Waals surface area contributed by atoms with Gasteiger partial charge in [0, 0.05) is 25.2 Å². The van der Waals surface area contributed by atoms with Gasteiger partial charge in [0.05, 0.1) is 36.7 Å². The van der Waals surface area contributed by atoms with E-state index in [1.165, 1.54) is 28.6 Å². The summed E-state index contributed by atoms with van der Waals surface area (Å²) in [6, 6.07) is 22.1. The molecule has 1 fully saturated rings. The predicted octanol–water partition coefficient (Wildman–Crippen LogP) is 3.41. The minimum Gasteiger partial charge on any atom is -0.488 e. The Balaban J connectivity index is 1.47. The zero-order chi connectivity index (χ0) is 30.1. The topological polar surface area (TPSA) is 131 Å². The molecule has 1 saturated heterocycles. The van der Waals surface area contributed by atoms with Crippen molar-refractivity contribution in [2.24, 2.45) is 5.92 Å². The van der Waals surface area contributed by atoms with Gasteiger partial charge < -0.3 is 25.6 Å². The first-order valence-electron chi connectivity index (χ1n) is 14.3. The van der Waals surface area contributed by atoms with Gasteiger partial charge in [0.1, 0.15) is 11.9 Å². The van der Waals surface area contributed by atoms with Crippen LogP contribution in [-0.4, -0.2) is 68.3 Å². The van der Waals surface area contributed by atoms with Gasteiger partial charge in [0.25, 0.3) is 0 Å². The first-order chi connectivity index (χ1) is 20.1. The Morgan fingerprint density at radius 1 is 1.02 bits per heavy atom. The molecular formula is C32H41N3O6S. The number of nitrogens with one attached hydrogen (secondary N) is 1. The van der Waals surface area contributed by atoms with E-state index in [0.29, 0.717) is 25.3 Å². The number of aliphatic hydroxyl groups excluding tert-OH is 1. The minimum atomic E-state index is -3.92. The fourth-order valence-corrected chi connectivity index (χ4v) is 6.50. The number of anilines is 1. The van der Waals surface area contributed by atoms with Gasteiger partial charge in [-0.05, 0) is 59.9 Å². The number of carbonyl (C=O) groups excluding carboxylic acids is 1. The molecule has 0 aromatic heterocycles. The molecule has 1 amide bonds. The Hall–Kier alpha value is -3.44. The molecule has 1 aliphatic heterocycles. The fraction of sp³-hybridized carbons (Fsp3) is 0.406. The van der Waals surface area contributed by atoms with Crippen LogP contribution >= 0.6 is 0 Å². The zero-order valence-electron chi connectivity index (χ0n) is 24.2. The second-order valence-corrected chi connectivity index (χ2v) is 13.1. The molecule has 0 radical (unpaired) electrons. The number of rotatable bonds is 14. The summed E-state index contributed by atoms with van der Waals surface area (Å²) >= 11 is 0. The van der Waals surface area contributed by atoms with Crippen molar-refractivity contribution in [2.45, 2.75) is 56.3 Å². The number of sulfonamides is 1. The molecule has 9 nitrogen and oxygen atoms in total. The van der Waals surface area contributed by atoms with Crippen LogP contribution in [0.15, 0.2) is 83.8 Å². The number of hydrogen-bond donors (Lipinski definition) is 3. The molecule has 1 aliphatic rings. The molecule has 3 unspecified atom stereocenters. The highest BCUT2D eigenvalue weighted by Gasteiger charge is 2.31. The third kappa shape index (κ3) is 9.03. The zero-order valence-corrected chi connectivity index (χ0v) is 25.0. The number of ether oxygens (including phenoxy) is 2. The standard InChI is InChI=1S/C32H41N3O6S/c1-23(2)20-35(42(38,39)29-14-10-26(33)11-15-29)21-31(36)30(18-24-6-4-3-5-7-24)34-32(37)19-25-8-12-27(13-9-25)41-28-16-17-40-22-28/h3-15,23,28,30-31,36H,16-22,33H2,1-2H3,(H,34,37). The van der Waals surface area contributed by atoms with Crippen LogP contribution in [0.5, 0.6) is 5.75 Å². The first-order valence-corrected chi connectivity index (χ1v) is 15.7. The van der Waals surface area contributed by atoms with E-state index in [1.54, 1.807) is 0 Å². The Bertz CT molecular complexity index is 1380. The number of hydrogen-bond acceptors (Lipinski definition) is 7. The van der Waals surface area contributed by atoms with E-state index in [2.05, 4.69) is 5.32 Å². The van der Waals surface area contributed by atoms with Gasteiger partial charge in [-0.1, -0.05) is 56.3 Å². The van der Waals surface area contributed by atoms with Gasteiger partial charge >= 0.3 is 0 Å². The highest BCUT2D eigenvalue weighted by molar-refractivity contribution is 7.89. The van der Waals surface area contributed by atoms with E-state index in [9.17, 15) is 18.3 Å². The molecular weight excluding hydrogens is 554 g/mol. The maximum absolute atomic E-state index is 13.6.